The van der Waals surface area contributed by atoms with Crippen LogP contribution in [-0.2, 0) is 17.2 Å². The molecule has 3 unspecified atom stereocenters. The van der Waals surface area contributed by atoms with E-state index in [1.165, 1.54) is 11.3 Å². The fourth-order valence-electron chi connectivity index (χ4n) is 2.32. The van der Waals surface area contributed by atoms with E-state index in [0.717, 1.165) is 12.8 Å². The minimum atomic E-state index is -0.736. The predicted molar refractivity (Wildman–Crippen MR) is 66.8 cm³/mol. The maximum atomic E-state index is 11.1. The third kappa shape index (κ3) is 2.68. The van der Waals surface area contributed by atoms with Crippen LogP contribution in [0.4, 0.5) is 0 Å². The second-order valence-electron chi connectivity index (χ2n) is 4.45. The first-order valence-corrected chi connectivity index (χ1v) is 7.39. The van der Waals surface area contributed by atoms with Crippen molar-refractivity contribution < 1.29 is 4.21 Å². The van der Waals surface area contributed by atoms with Crippen molar-refractivity contribution in [2.45, 2.75) is 31.8 Å². The van der Waals surface area contributed by atoms with Gasteiger partial charge in [0.15, 0.2) is 0 Å². The van der Waals surface area contributed by atoms with Gasteiger partial charge in [0.2, 0.25) is 0 Å². The molecule has 88 valence electrons. The molecule has 0 saturated carbocycles. The van der Waals surface area contributed by atoms with Gasteiger partial charge in [0.25, 0.3) is 0 Å². The van der Waals surface area contributed by atoms with Crippen LogP contribution < -0.4 is 5.32 Å². The molecule has 0 spiro atoms. The number of aromatic nitrogens is 1. The molecule has 0 radical (unpaired) electrons. The van der Waals surface area contributed by atoms with Crippen LogP contribution in [0.15, 0.2) is 18.3 Å². The summed E-state index contributed by atoms with van der Waals surface area (Å²) in [6, 6.07) is 4.76. The van der Waals surface area contributed by atoms with Crippen LogP contribution in [0.2, 0.25) is 0 Å². The van der Waals surface area contributed by atoms with Crippen LogP contribution in [0.5, 0.6) is 0 Å². The van der Waals surface area contributed by atoms with Crippen LogP contribution in [-0.4, -0.2) is 27.2 Å². The second-order valence-corrected chi connectivity index (χ2v) is 5.93. The van der Waals surface area contributed by atoms with E-state index in [2.05, 4.69) is 23.3 Å². The first-order chi connectivity index (χ1) is 7.66. The third-order valence-corrected chi connectivity index (χ3v) is 3.90. The van der Waals surface area contributed by atoms with Crippen molar-refractivity contribution in [1.29, 1.82) is 0 Å². The number of hydrogen-bond acceptors (Lipinski definition) is 3. The van der Waals surface area contributed by atoms with Gasteiger partial charge < -0.3 is 5.32 Å². The summed E-state index contributed by atoms with van der Waals surface area (Å²) in [4.78, 5) is 4.43. The highest BCUT2D eigenvalue weighted by Gasteiger charge is 2.24. The molecule has 0 aromatic carbocycles. The van der Waals surface area contributed by atoms with E-state index in [9.17, 15) is 4.21 Å². The lowest BCUT2D eigenvalue weighted by Gasteiger charge is -2.18. The van der Waals surface area contributed by atoms with Crippen LogP contribution >= 0.6 is 0 Å². The van der Waals surface area contributed by atoms with Gasteiger partial charge in [-0.05, 0) is 31.4 Å². The summed E-state index contributed by atoms with van der Waals surface area (Å²) in [6.45, 7) is 2.09. The van der Waals surface area contributed by atoms with Crippen LogP contribution in [0.1, 0.15) is 30.6 Å². The summed E-state index contributed by atoms with van der Waals surface area (Å²) in [5.74, 6) is 0.707. The number of fused-ring (bicyclic) bond motifs is 1. The Morgan fingerprint density at radius 1 is 1.69 bits per heavy atom. The van der Waals surface area contributed by atoms with Gasteiger partial charge >= 0.3 is 0 Å². The fraction of sp³-hybridized carbons (Fsp3) is 0.583. The van der Waals surface area contributed by atoms with Crippen molar-refractivity contribution in [1.82, 2.24) is 10.3 Å². The first kappa shape index (κ1) is 11.7. The molecule has 1 aromatic rings. The molecule has 1 N–H and O–H groups in total. The quantitative estimate of drug-likeness (QED) is 0.862. The molecule has 1 aromatic heterocycles. The lowest BCUT2D eigenvalue weighted by atomic mass is 10.2. The van der Waals surface area contributed by atoms with Crippen molar-refractivity contribution in [3.8, 4) is 0 Å². The largest absolute Gasteiger partial charge is 0.305 e. The molecular formula is C12H18N2OS. The summed E-state index contributed by atoms with van der Waals surface area (Å²) in [5, 5.41) is 3.51. The van der Waals surface area contributed by atoms with E-state index in [-0.39, 0.29) is 6.04 Å². The second kappa shape index (κ2) is 5.06. The molecule has 1 aliphatic rings. The zero-order valence-corrected chi connectivity index (χ0v) is 10.6. The molecule has 16 heavy (non-hydrogen) atoms. The number of rotatable bonds is 4. The molecule has 0 fully saturated rings. The van der Waals surface area contributed by atoms with Crippen molar-refractivity contribution in [3.05, 3.63) is 29.6 Å². The Labute approximate surface area is 99.1 Å². The molecule has 3 nitrogen and oxygen atoms in total. The van der Waals surface area contributed by atoms with E-state index in [4.69, 9.17) is 0 Å². The molecular weight excluding hydrogens is 220 g/mol. The van der Waals surface area contributed by atoms with Crippen molar-refractivity contribution in [3.63, 3.8) is 0 Å². The van der Waals surface area contributed by atoms with Gasteiger partial charge in [-0.15, -0.1) is 0 Å². The normalized spacial score (nSPS) is 22.8. The van der Waals surface area contributed by atoms with Crippen LogP contribution in [0, 0.1) is 0 Å². The zero-order chi connectivity index (χ0) is 11.5. The smallest absolute Gasteiger partial charge is 0.0605 e. The molecule has 0 aliphatic heterocycles. The molecule has 0 bridgehead atoms. The summed E-state index contributed by atoms with van der Waals surface area (Å²) in [5.41, 5.74) is 2.53. The molecule has 4 heteroatoms. The Bertz CT molecular complexity index is 394. The molecule has 1 aliphatic carbocycles. The third-order valence-electron chi connectivity index (χ3n) is 2.93. The van der Waals surface area contributed by atoms with E-state index >= 15 is 0 Å². The van der Waals surface area contributed by atoms with Crippen LogP contribution in [0.3, 0.4) is 0 Å². The Kier molecular flexibility index (Phi) is 3.71. The average molecular weight is 238 g/mol. The maximum Gasteiger partial charge on any atom is 0.0605 e. The lowest BCUT2D eigenvalue weighted by Crippen LogP contribution is -2.33. The Balaban J connectivity index is 2.00. The van der Waals surface area contributed by atoms with Gasteiger partial charge in [-0.2, -0.15) is 0 Å². The highest BCUT2D eigenvalue weighted by molar-refractivity contribution is 7.84. The molecule has 0 amide bonds. The monoisotopic (exact) mass is 238 g/mol. The van der Waals surface area contributed by atoms with Gasteiger partial charge in [0.1, 0.15) is 0 Å². The van der Waals surface area contributed by atoms with Crippen LogP contribution in [0.25, 0.3) is 0 Å². The molecule has 0 saturated heterocycles. The number of nitrogens with zero attached hydrogens (tertiary/aromatic N) is 1. The Hall–Kier alpha value is -0.740. The zero-order valence-electron chi connectivity index (χ0n) is 9.77. The molecule has 3 atom stereocenters. The number of aryl methyl sites for hydroxylation is 1. The maximum absolute atomic E-state index is 11.1. The number of nitrogens with one attached hydrogen (secondary N) is 1. The molecule has 2 rings (SSSR count). The van der Waals surface area contributed by atoms with E-state index in [1.54, 1.807) is 6.26 Å². The van der Waals surface area contributed by atoms with Crippen molar-refractivity contribution in [2.24, 2.45) is 0 Å². The highest BCUT2D eigenvalue weighted by atomic mass is 32.2. The van der Waals surface area contributed by atoms with Gasteiger partial charge in [-0.3, -0.25) is 9.19 Å². The summed E-state index contributed by atoms with van der Waals surface area (Å²) < 4.78 is 11.1. The lowest BCUT2D eigenvalue weighted by molar-refractivity contribution is 0.470. The fourth-order valence-corrected chi connectivity index (χ4v) is 3.12. The Morgan fingerprint density at radius 2 is 2.50 bits per heavy atom. The SMILES string of the molecule is CC(CS(C)=O)NC1CCc2cccnc21. The average Bonchev–Trinajstić information content (AvgIpc) is 2.61. The predicted octanol–water partition coefficient (Wildman–Crippen LogP) is 1.43. The number of hydrogen-bond donors (Lipinski definition) is 1. The minimum absolute atomic E-state index is 0.281. The topological polar surface area (TPSA) is 42.0 Å². The van der Waals surface area contributed by atoms with E-state index in [0.29, 0.717) is 11.8 Å². The Morgan fingerprint density at radius 3 is 3.25 bits per heavy atom. The van der Waals surface area contributed by atoms with Crippen molar-refractivity contribution in [2.75, 3.05) is 12.0 Å². The minimum Gasteiger partial charge on any atom is -0.305 e. The summed E-state index contributed by atoms with van der Waals surface area (Å²) in [6.07, 6.45) is 5.80. The van der Waals surface area contributed by atoms with Gasteiger partial charge in [0, 0.05) is 35.0 Å². The number of pyridine rings is 1. The first-order valence-electron chi connectivity index (χ1n) is 5.66. The summed E-state index contributed by atoms with van der Waals surface area (Å²) >= 11 is 0. The van der Waals surface area contributed by atoms with E-state index in [1.807, 2.05) is 12.3 Å². The van der Waals surface area contributed by atoms with Gasteiger partial charge in [0.05, 0.1) is 11.7 Å². The molecule has 1 heterocycles. The van der Waals surface area contributed by atoms with Gasteiger partial charge in [-0.1, -0.05) is 6.07 Å². The van der Waals surface area contributed by atoms with E-state index < -0.39 is 10.8 Å². The standard InChI is InChI=1S/C12H18N2OS/c1-9(8-16(2)15)14-11-6-5-10-4-3-7-13-12(10)11/h3-4,7,9,11,14H,5-6,8H2,1-2H3. The van der Waals surface area contributed by atoms with Gasteiger partial charge in [-0.25, -0.2) is 0 Å². The van der Waals surface area contributed by atoms with Crippen molar-refractivity contribution >= 4 is 10.8 Å². The summed E-state index contributed by atoms with van der Waals surface area (Å²) in [7, 11) is -0.736. The highest BCUT2D eigenvalue weighted by Crippen LogP contribution is 2.29.